The first-order valence-corrected chi connectivity index (χ1v) is 9.09. The smallest absolute Gasteiger partial charge is 0.319 e. The molecule has 0 spiro atoms. The number of carbonyl (C=O) groups is 2. The Kier molecular flexibility index (Phi) is 7.49. The van der Waals surface area contributed by atoms with Gasteiger partial charge < -0.3 is 20.7 Å². The van der Waals surface area contributed by atoms with Crippen molar-refractivity contribution in [3.8, 4) is 5.75 Å². The number of ether oxygens (including phenoxy) is 1. The van der Waals surface area contributed by atoms with E-state index in [1.165, 1.54) is 0 Å². The molecule has 7 heteroatoms. The summed E-state index contributed by atoms with van der Waals surface area (Å²) in [5, 5.41) is 8.73. The van der Waals surface area contributed by atoms with Crippen LogP contribution >= 0.6 is 11.6 Å². The standard InChI is InChI=1S/C20H24ClN3O3/c1-4-13(2)19(25)23-15-7-5-6-14(10-15)12-22-20(26)24-18-9-8-16(27-3)11-17(18)21/h5-11,13H,4,12H2,1-3H3,(H,23,25)(H2,22,24,26). The van der Waals surface area contributed by atoms with Gasteiger partial charge in [0, 0.05) is 24.2 Å². The summed E-state index contributed by atoms with van der Waals surface area (Å²) in [4.78, 5) is 24.1. The number of amides is 3. The number of benzene rings is 2. The Morgan fingerprint density at radius 1 is 1.15 bits per heavy atom. The van der Waals surface area contributed by atoms with Crippen LogP contribution in [0.25, 0.3) is 0 Å². The van der Waals surface area contributed by atoms with Gasteiger partial charge in [0.2, 0.25) is 5.91 Å². The van der Waals surface area contributed by atoms with Gasteiger partial charge in [-0.3, -0.25) is 4.79 Å². The van der Waals surface area contributed by atoms with Gasteiger partial charge in [0.1, 0.15) is 5.75 Å². The molecule has 1 atom stereocenters. The maximum atomic E-state index is 12.1. The number of methoxy groups -OCH3 is 1. The van der Waals surface area contributed by atoms with Gasteiger partial charge in [-0.1, -0.05) is 37.6 Å². The summed E-state index contributed by atoms with van der Waals surface area (Å²) < 4.78 is 5.08. The molecule has 0 saturated heterocycles. The van der Waals surface area contributed by atoms with E-state index in [9.17, 15) is 9.59 Å². The molecule has 1 unspecified atom stereocenters. The lowest BCUT2D eigenvalue weighted by Crippen LogP contribution is -2.28. The summed E-state index contributed by atoms with van der Waals surface area (Å²) >= 11 is 6.11. The van der Waals surface area contributed by atoms with Gasteiger partial charge in [0.15, 0.2) is 0 Å². The zero-order chi connectivity index (χ0) is 19.8. The van der Waals surface area contributed by atoms with Crippen LogP contribution in [0, 0.1) is 5.92 Å². The van der Waals surface area contributed by atoms with E-state index in [0.717, 1.165) is 12.0 Å². The van der Waals surface area contributed by atoms with E-state index in [0.29, 0.717) is 28.7 Å². The van der Waals surface area contributed by atoms with Crippen molar-refractivity contribution in [2.24, 2.45) is 5.92 Å². The van der Waals surface area contributed by atoms with Gasteiger partial charge in [-0.25, -0.2) is 4.79 Å². The minimum absolute atomic E-state index is 0.0190. The van der Waals surface area contributed by atoms with Crippen LogP contribution in [0.4, 0.5) is 16.2 Å². The first-order valence-electron chi connectivity index (χ1n) is 8.71. The van der Waals surface area contributed by atoms with Crippen molar-refractivity contribution in [1.82, 2.24) is 5.32 Å². The molecule has 3 N–H and O–H groups in total. The molecule has 0 saturated carbocycles. The van der Waals surface area contributed by atoms with Crippen molar-refractivity contribution in [1.29, 1.82) is 0 Å². The Morgan fingerprint density at radius 3 is 2.59 bits per heavy atom. The number of carbonyl (C=O) groups excluding carboxylic acids is 2. The third kappa shape index (κ3) is 6.18. The Bertz CT molecular complexity index is 811. The summed E-state index contributed by atoms with van der Waals surface area (Å²) in [7, 11) is 1.55. The van der Waals surface area contributed by atoms with Crippen molar-refractivity contribution < 1.29 is 14.3 Å². The first kappa shape index (κ1) is 20.6. The summed E-state index contributed by atoms with van der Waals surface area (Å²) in [5.41, 5.74) is 2.07. The van der Waals surface area contributed by atoms with Gasteiger partial charge in [0.05, 0.1) is 17.8 Å². The molecule has 0 aliphatic heterocycles. The second-order valence-electron chi connectivity index (χ2n) is 6.15. The summed E-state index contributed by atoms with van der Waals surface area (Å²) in [6.07, 6.45) is 0.779. The highest BCUT2D eigenvalue weighted by atomic mass is 35.5. The summed E-state index contributed by atoms with van der Waals surface area (Å²) in [6, 6.07) is 12.0. The van der Waals surface area contributed by atoms with Crippen LogP contribution in [-0.2, 0) is 11.3 Å². The van der Waals surface area contributed by atoms with Crippen LogP contribution in [0.1, 0.15) is 25.8 Å². The highest BCUT2D eigenvalue weighted by Gasteiger charge is 2.11. The number of hydrogen-bond acceptors (Lipinski definition) is 3. The second-order valence-corrected chi connectivity index (χ2v) is 6.56. The summed E-state index contributed by atoms with van der Waals surface area (Å²) in [5.74, 6) is 0.545. The van der Waals surface area contributed by atoms with E-state index in [1.54, 1.807) is 25.3 Å². The predicted molar refractivity (Wildman–Crippen MR) is 108 cm³/mol. The average Bonchev–Trinajstić information content (AvgIpc) is 2.67. The SMILES string of the molecule is CCC(C)C(=O)Nc1cccc(CNC(=O)Nc2ccc(OC)cc2Cl)c1. The van der Waals surface area contributed by atoms with Crippen LogP contribution < -0.4 is 20.7 Å². The van der Waals surface area contributed by atoms with E-state index in [-0.39, 0.29) is 17.9 Å². The molecule has 0 heterocycles. The number of halogens is 1. The molecule has 2 aromatic carbocycles. The average molecular weight is 390 g/mol. The van der Waals surface area contributed by atoms with Crippen LogP contribution in [0.5, 0.6) is 5.75 Å². The molecule has 0 aliphatic rings. The van der Waals surface area contributed by atoms with E-state index in [2.05, 4.69) is 16.0 Å². The van der Waals surface area contributed by atoms with Crippen molar-refractivity contribution >= 4 is 34.9 Å². The Labute approximate surface area is 164 Å². The number of hydrogen-bond donors (Lipinski definition) is 3. The first-order chi connectivity index (χ1) is 12.9. The van der Waals surface area contributed by atoms with Crippen molar-refractivity contribution in [2.75, 3.05) is 17.7 Å². The minimum Gasteiger partial charge on any atom is -0.497 e. The van der Waals surface area contributed by atoms with Gasteiger partial charge in [0.25, 0.3) is 0 Å². The molecule has 2 rings (SSSR count). The number of rotatable bonds is 7. The van der Waals surface area contributed by atoms with E-state index in [1.807, 2.05) is 38.1 Å². The molecule has 6 nitrogen and oxygen atoms in total. The topological polar surface area (TPSA) is 79.5 Å². The van der Waals surface area contributed by atoms with Gasteiger partial charge in [-0.05, 0) is 36.2 Å². The van der Waals surface area contributed by atoms with Crippen LogP contribution in [-0.4, -0.2) is 19.0 Å². The van der Waals surface area contributed by atoms with Crippen molar-refractivity contribution in [3.05, 3.63) is 53.1 Å². The molecule has 0 bridgehead atoms. The fourth-order valence-corrected chi connectivity index (χ4v) is 2.50. The number of nitrogens with one attached hydrogen (secondary N) is 3. The lowest BCUT2D eigenvalue weighted by Gasteiger charge is -2.12. The monoisotopic (exact) mass is 389 g/mol. The molecule has 0 fully saturated rings. The van der Waals surface area contributed by atoms with Crippen LogP contribution in [0.15, 0.2) is 42.5 Å². The molecule has 2 aromatic rings. The molecule has 0 aliphatic carbocycles. The Hall–Kier alpha value is -2.73. The fraction of sp³-hybridized carbons (Fsp3) is 0.300. The highest BCUT2D eigenvalue weighted by Crippen LogP contribution is 2.26. The molecular weight excluding hydrogens is 366 g/mol. The Morgan fingerprint density at radius 2 is 1.93 bits per heavy atom. The maximum absolute atomic E-state index is 12.1. The molecule has 0 radical (unpaired) electrons. The number of urea groups is 1. The zero-order valence-corrected chi connectivity index (χ0v) is 16.4. The number of anilines is 2. The molecule has 3 amide bonds. The van der Waals surface area contributed by atoms with Gasteiger partial charge >= 0.3 is 6.03 Å². The van der Waals surface area contributed by atoms with Crippen LogP contribution in [0.3, 0.4) is 0 Å². The van der Waals surface area contributed by atoms with Crippen LogP contribution in [0.2, 0.25) is 5.02 Å². The predicted octanol–water partition coefficient (Wildman–Crippen LogP) is 4.65. The van der Waals surface area contributed by atoms with Gasteiger partial charge in [-0.15, -0.1) is 0 Å². The van der Waals surface area contributed by atoms with Gasteiger partial charge in [-0.2, -0.15) is 0 Å². The molecule has 0 aromatic heterocycles. The summed E-state index contributed by atoms with van der Waals surface area (Å²) in [6.45, 7) is 4.17. The third-order valence-corrected chi connectivity index (χ3v) is 4.44. The lowest BCUT2D eigenvalue weighted by atomic mass is 10.1. The lowest BCUT2D eigenvalue weighted by molar-refractivity contribution is -0.119. The molecule has 144 valence electrons. The second kappa shape index (κ2) is 9.83. The maximum Gasteiger partial charge on any atom is 0.319 e. The Balaban J connectivity index is 1.91. The fourth-order valence-electron chi connectivity index (χ4n) is 2.28. The van der Waals surface area contributed by atoms with Crippen molar-refractivity contribution in [3.63, 3.8) is 0 Å². The zero-order valence-electron chi connectivity index (χ0n) is 15.6. The molecular formula is C20H24ClN3O3. The third-order valence-electron chi connectivity index (χ3n) is 4.13. The van der Waals surface area contributed by atoms with E-state index < -0.39 is 0 Å². The molecule has 27 heavy (non-hydrogen) atoms. The normalized spacial score (nSPS) is 11.4. The van der Waals surface area contributed by atoms with E-state index >= 15 is 0 Å². The minimum atomic E-state index is -0.379. The quantitative estimate of drug-likeness (QED) is 0.644. The largest absolute Gasteiger partial charge is 0.497 e. The highest BCUT2D eigenvalue weighted by molar-refractivity contribution is 6.33. The van der Waals surface area contributed by atoms with Crippen molar-refractivity contribution in [2.45, 2.75) is 26.8 Å². The van der Waals surface area contributed by atoms with E-state index in [4.69, 9.17) is 16.3 Å².